The molecule has 3 rings (SSSR count). The van der Waals surface area contributed by atoms with Gasteiger partial charge >= 0.3 is 0 Å². The van der Waals surface area contributed by atoms with Crippen LogP contribution in [0.5, 0.6) is 0 Å². The average Bonchev–Trinajstić information content (AvgIpc) is 2.78. The van der Waals surface area contributed by atoms with Gasteiger partial charge in [0.1, 0.15) is 0 Å². The molecule has 0 radical (unpaired) electrons. The van der Waals surface area contributed by atoms with Crippen LogP contribution in [0.4, 0.5) is 0 Å². The zero-order valence-corrected chi connectivity index (χ0v) is 13.7. The molecule has 0 heteroatoms. The molecule has 0 bridgehead atoms. The van der Waals surface area contributed by atoms with E-state index in [-0.39, 0.29) is 5.41 Å². The summed E-state index contributed by atoms with van der Waals surface area (Å²) < 4.78 is 0. The lowest BCUT2D eigenvalue weighted by atomic mass is 9.85. The van der Waals surface area contributed by atoms with Crippen LogP contribution in [-0.4, -0.2) is 0 Å². The Kier molecular flexibility index (Phi) is 3.28. The minimum Gasteiger partial charge on any atom is -0.0683 e. The van der Waals surface area contributed by atoms with Crippen LogP contribution >= 0.6 is 0 Å². The van der Waals surface area contributed by atoms with Gasteiger partial charge in [-0.3, -0.25) is 0 Å². The van der Waals surface area contributed by atoms with Gasteiger partial charge in [-0.25, -0.2) is 0 Å². The summed E-state index contributed by atoms with van der Waals surface area (Å²) in [6, 6.07) is 13.7. The molecule has 1 aliphatic rings. The van der Waals surface area contributed by atoms with E-state index < -0.39 is 0 Å². The average molecular weight is 276 g/mol. The highest BCUT2D eigenvalue weighted by molar-refractivity contribution is 5.83. The summed E-state index contributed by atoms with van der Waals surface area (Å²) >= 11 is 0. The third kappa shape index (κ3) is 2.55. The molecule has 0 heterocycles. The second-order valence-electron chi connectivity index (χ2n) is 7.33. The van der Waals surface area contributed by atoms with E-state index in [2.05, 4.69) is 77.1 Å². The topological polar surface area (TPSA) is 0 Å². The Morgan fingerprint density at radius 1 is 0.857 bits per heavy atom. The summed E-state index contributed by atoms with van der Waals surface area (Å²) in [6.45, 7) is 11.2. The lowest BCUT2D eigenvalue weighted by molar-refractivity contribution is 0.590. The fourth-order valence-corrected chi connectivity index (χ4v) is 3.21. The molecular formula is C21H24. The molecule has 108 valence electrons. The number of hydrogen-bond donors (Lipinski definition) is 0. The maximum Gasteiger partial charge on any atom is -0.00604 e. The summed E-state index contributed by atoms with van der Waals surface area (Å²) in [5.41, 5.74) is 10.1. The van der Waals surface area contributed by atoms with E-state index in [0.29, 0.717) is 0 Å². The van der Waals surface area contributed by atoms with Crippen molar-refractivity contribution in [2.45, 2.75) is 46.5 Å². The van der Waals surface area contributed by atoms with Crippen molar-refractivity contribution >= 4 is 6.08 Å². The van der Waals surface area contributed by atoms with Gasteiger partial charge in [0.05, 0.1) is 0 Å². The Hall–Kier alpha value is -1.82. The van der Waals surface area contributed by atoms with Gasteiger partial charge < -0.3 is 0 Å². The van der Waals surface area contributed by atoms with Gasteiger partial charge in [0.15, 0.2) is 0 Å². The van der Waals surface area contributed by atoms with E-state index in [0.717, 1.165) is 6.42 Å². The Bertz CT molecular complexity index is 707. The number of benzene rings is 2. The first-order chi connectivity index (χ1) is 9.86. The fourth-order valence-electron chi connectivity index (χ4n) is 3.21. The van der Waals surface area contributed by atoms with Crippen molar-refractivity contribution in [2.75, 3.05) is 0 Å². The van der Waals surface area contributed by atoms with E-state index >= 15 is 0 Å². The highest BCUT2D eigenvalue weighted by atomic mass is 14.2. The first-order valence-corrected chi connectivity index (χ1v) is 7.77. The maximum atomic E-state index is 2.36. The van der Waals surface area contributed by atoms with E-state index in [4.69, 9.17) is 0 Å². The molecule has 21 heavy (non-hydrogen) atoms. The van der Waals surface area contributed by atoms with Crippen molar-refractivity contribution in [2.24, 2.45) is 0 Å². The number of allylic oxidation sites excluding steroid dienone is 1. The second-order valence-corrected chi connectivity index (χ2v) is 7.33. The van der Waals surface area contributed by atoms with Gasteiger partial charge in [-0.05, 0) is 59.1 Å². The monoisotopic (exact) mass is 276 g/mol. The minimum absolute atomic E-state index is 0.211. The summed E-state index contributed by atoms with van der Waals surface area (Å²) in [5, 5.41) is 0. The van der Waals surface area contributed by atoms with Crippen molar-refractivity contribution in [3.8, 4) is 11.1 Å². The molecule has 0 saturated carbocycles. The molecule has 0 aromatic heterocycles. The van der Waals surface area contributed by atoms with Crippen LogP contribution in [0.15, 0.2) is 42.0 Å². The normalized spacial score (nSPS) is 14.0. The van der Waals surface area contributed by atoms with Crippen LogP contribution in [0.1, 0.15) is 49.9 Å². The Labute approximate surface area is 128 Å². The molecule has 0 fully saturated rings. The van der Waals surface area contributed by atoms with E-state index in [1.807, 2.05) is 0 Å². The van der Waals surface area contributed by atoms with Crippen LogP contribution in [0.25, 0.3) is 17.2 Å². The molecule has 2 aromatic rings. The van der Waals surface area contributed by atoms with Crippen LogP contribution < -0.4 is 0 Å². The fraction of sp³-hybridized carbons (Fsp3) is 0.333. The van der Waals surface area contributed by atoms with Crippen molar-refractivity contribution in [1.82, 2.24) is 0 Å². The predicted molar refractivity (Wildman–Crippen MR) is 92.7 cm³/mol. The van der Waals surface area contributed by atoms with Crippen LogP contribution in [0, 0.1) is 6.92 Å². The maximum absolute atomic E-state index is 2.36. The standard InChI is InChI=1S/C21H24/c1-14-12-17-7-6-15(2)20(19(17)13-14)16-8-10-18(11-9-16)21(3,4)5/h6-11,13H,12H2,1-5H3. The van der Waals surface area contributed by atoms with Crippen molar-refractivity contribution in [3.05, 3.63) is 64.2 Å². The molecule has 0 atom stereocenters. The first-order valence-electron chi connectivity index (χ1n) is 7.77. The van der Waals surface area contributed by atoms with Gasteiger partial charge in [-0.2, -0.15) is 0 Å². The summed E-state index contributed by atoms with van der Waals surface area (Å²) in [7, 11) is 0. The van der Waals surface area contributed by atoms with Gasteiger partial charge in [0.2, 0.25) is 0 Å². The molecule has 0 amide bonds. The lowest BCUT2D eigenvalue weighted by Crippen LogP contribution is -2.10. The number of rotatable bonds is 1. The Morgan fingerprint density at radius 3 is 2.14 bits per heavy atom. The zero-order valence-electron chi connectivity index (χ0n) is 13.7. The third-order valence-corrected chi connectivity index (χ3v) is 4.44. The molecule has 0 spiro atoms. The van der Waals surface area contributed by atoms with Crippen LogP contribution in [-0.2, 0) is 11.8 Å². The third-order valence-electron chi connectivity index (χ3n) is 4.44. The van der Waals surface area contributed by atoms with Gasteiger partial charge in [0.25, 0.3) is 0 Å². The second kappa shape index (κ2) is 4.87. The summed E-state index contributed by atoms with van der Waals surface area (Å²) in [5.74, 6) is 0. The summed E-state index contributed by atoms with van der Waals surface area (Å²) in [4.78, 5) is 0. The number of hydrogen-bond acceptors (Lipinski definition) is 0. The molecule has 0 aliphatic heterocycles. The number of aryl methyl sites for hydroxylation is 1. The minimum atomic E-state index is 0.211. The first kappa shape index (κ1) is 14.1. The highest BCUT2D eigenvalue weighted by Gasteiger charge is 2.18. The van der Waals surface area contributed by atoms with Gasteiger partial charge in [-0.15, -0.1) is 0 Å². The van der Waals surface area contributed by atoms with Crippen LogP contribution in [0.2, 0.25) is 0 Å². The predicted octanol–water partition coefficient (Wildman–Crippen LogP) is 5.92. The molecular weight excluding hydrogens is 252 g/mol. The van der Waals surface area contributed by atoms with Crippen LogP contribution in [0.3, 0.4) is 0 Å². The van der Waals surface area contributed by atoms with E-state index in [1.165, 1.54) is 39.0 Å². The number of fused-ring (bicyclic) bond motifs is 1. The van der Waals surface area contributed by atoms with Crippen molar-refractivity contribution in [3.63, 3.8) is 0 Å². The SMILES string of the molecule is CC1=Cc2c(ccc(C)c2-c2ccc(C(C)(C)C)cc2)C1. The molecule has 0 N–H and O–H groups in total. The van der Waals surface area contributed by atoms with Gasteiger partial charge in [0, 0.05) is 0 Å². The van der Waals surface area contributed by atoms with E-state index in [9.17, 15) is 0 Å². The Balaban J connectivity index is 2.12. The molecule has 0 saturated heterocycles. The summed E-state index contributed by atoms with van der Waals surface area (Å²) in [6.07, 6.45) is 3.46. The zero-order chi connectivity index (χ0) is 15.2. The lowest BCUT2D eigenvalue weighted by Gasteiger charge is -2.20. The quantitative estimate of drug-likeness (QED) is 0.606. The molecule has 2 aromatic carbocycles. The highest BCUT2D eigenvalue weighted by Crippen LogP contribution is 2.37. The Morgan fingerprint density at radius 2 is 1.52 bits per heavy atom. The molecule has 0 unspecified atom stereocenters. The largest absolute Gasteiger partial charge is 0.0683 e. The van der Waals surface area contributed by atoms with Crippen molar-refractivity contribution in [1.29, 1.82) is 0 Å². The van der Waals surface area contributed by atoms with Crippen molar-refractivity contribution < 1.29 is 0 Å². The molecule has 0 nitrogen and oxygen atoms in total. The smallest absolute Gasteiger partial charge is 0.00604 e. The molecule has 1 aliphatic carbocycles. The van der Waals surface area contributed by atoms with Gasteiger partial charge in [-0.1, -0.05) is 68.8 Å². The van der Waals surface area contributed by atoms with E-state index in [1.54, 1.807) is 0 Å².